The van der Waals surface area contributed by atoms with E-state index in [2.05, 4.69) is 25.3 Å². The van der Waals surface area contributed by atoms with Gasteiger partial charge in [0.2, 0.25) is 11.6 Å². The molecule has 6 N–H and O–H groups in total. The summed E-state index contributed by atoms with van der Waals surface area (Å²) in [5, 5.41) is 84.0. The van der Waals surface area contributed by atoms with Gasteiger partial charge in [-0.05, 0) is 68.7 Å². The Morgan fingerprint density at radius 3 is 1.52 bits per heavy atom. The van der Waals surface area contributed by atoms with Crippen molar-refractivity contribution >= 4 is 52.3 Å². The van der Waals surface area contributed by atoms with Crippen molar-refractivity contribution < 1.29 is 49.8 Å². The van der Waals surface area contributed by atoms with E-state index in [1.807, 2.05) is 0 Å². The summed E-state index contributed by atoms with van der Waals surface area (Å²) in [6, 6.07) is 7.66. The molecule has 274 valence electrons. The average Bonchev–Trinajstić information content (AvgIpc) is 3.12. The van der Waals surface area contributed by atoms with E-state index < -0.39 is 80.6 Å². The zero-order valence-corrected chi connectivity index (χ0v) is 28.0. The molecule has 0 radical (unpaired) electrons. The van der Waals surface area contributed by atoms with Gasteiger partial charge in [0.25, 0.3) is 11.1 Å². The van der Waals surface area contributed by atoms with Crippen LogP contribution in [0.1, 0.15) is 71.0 Å². The Morgan fingerprint density at radius 2 is 1.13 bits per heavy atom. The minimum absolute atomic E-state index is 0.00316. The maximum absolute atomic E-state index is 13.5. The highest BCUT2D eigenvalue weighted by molar-refractivity contribution is 5.97. The number of hydrogen-bond acceptors (Lipinski definition) is 13. The number of aromatic carboxylic acids is 4. The first-order chi connectivity index (χ1) is 25.5. The highest BCUT2D eigenvalue weighted by atomic mass is 16.4. The molecule has 0 aliphatic rings. The Balaban J connectivity index is 1.67. The molecule has 20 heteroatoms. The van der Waals surface area contributed by atoms with E-state index in [1.54, 1.807) is 6.07 Å². The van der Waals surface area contributed by atoms with Gasteiger partial charge >= 0.3 is 23.9 Å². The first-order valence-electron chi connectivity index (χ1n) is 15.3. The van der Waals surface area contributed by atoms with Crippen molar-refractivity contribution in [2.75, 3.05) is 0 Å². The molecular weight excluding hydrogens is 712 g/mol. The van der Waals surface area contributed by atoms with Crippen LogP contribution < -0.4 is 11.1 Å². The van der Waals surface area contributed by atoms with Crippen LogP contribution in [0.4, 0.5) is 28.4 Å². The van der Waals surface area contributed by atoms with Crippen LogP contribution in [0.3, 0.4) is 0 Å². The third-order valence-corrected chi connectivity index (χ3v) is 7.99. The number of benzene rings is 2. The standard InChI is InChI=1S/C34H26N8O12/c1-15-21(14-35)27(43)41(29(45)25(15)39-37-22-12-17(31(47)48)6-8-19(22)33(51)52)10-4-5-11-42-28(44)24(36-3)16(2)26(30(42)46)40-38-23-13-18(32(49)50)7-9-20(23)34(53)54/h6-9,12-13,43-44H,4-5,10-11H2,1-2H3,(H,47,48)(H,49,50)(H,51,52)(H,53,54). The zero-order valence-electron chi connectivity index (χ0n) is 28.0. The van der Waals surface area contributed by atoms with E-state index in [4.69, 9.17) is 6.57 Å². The largest absolute Gasteiger partial charge is 0.503 e. The Kier molecular flexibility index (Phi) is 11.4. The van der Waals surface area contributed by atoms with E-state index in [-0.39, 0.29) is 59.4 Å². The van der Waals surface area contributed by atoms with Gasteiger partial charge in [-0.3, -0.25) is 18.7 Å². The minimum Gasteiger partial charge on any atom is -0.503 e. The van der Waals surface area contributed by atoms with Gasteiger partial charge in [-0.15, -0.1) is 20.5 Å². The first kappa shape index (κ1) is 38.8. The number of unbranched alkanes of at least 4 members (excludes halogenated alkanes) is 1. The van der Waals surface area contributed by atoms with Crippen molar-refractivity contribution in [3.05, 3.63) is 107 Å². The molecule has 54 heavy (non-hydrogen) atoms. The van der Waals surface area contributed by atoms with Gasteiger partial charge in [0.15, 0.2) is 11.6 Å². The number of aromatic hydroxyl groups is 2. The number of pyridine rings is 2. The summed E-state index contributed by atoms with van der Waals surface area (Å²) in [5.74, 6) is -7.17. The Morgan fingerprint density at radius 1 is 0.704 bits per heavy atom. The predicted octanol–water partition coefficient (Wildman–Crippen LogP) is 5.56. The summed E-state index contributed by atoms with van der Waals surface area (Å²) in [4.78, 5) is 76.4. The van der Waals surface area contributed by atoms with Crippen molar-refractivity contribution in [3.63, 3.8) is 0 Å². The smallest absolute Gasteiger partial charge is 0.337 e. The summed E-state index contributed by atoms with van der Waals surface area (Å²) < 4.78 is 1.56. The lowest BCUT2D eigenvalue weighted by molar-refractivity contribution is 0.0682. The number of aromatic nitrogens is 2. The van der Waals surface area contributed by atoms with Crippen molar-refractivity contribution in [3.8, 4) is 17.8 Å². The Bertz CT molecular complexity index is 2360. The second kappa shape index (κ2) is 15.9. The molecule has 0 bridgehead atoms. The number of nitrogens with zero attached hydrogens (tertiary/aromatic N) is 8. The molecule has 0 spiro atoms. The number of azo groups is 2. The van der Waals surface area contributed by atoms with E-state index >= 15 is 0 Å². The van der Waals surface area contributed by atoms with E-state index in [1.165, 1.54) is 13.8 Å². The number of carboxylic acid groups (broad SMARTS) is 4. The van der Waals surface area contributed by atoms with Crippen molar-refractivity contribution in [2.24, 2.45) is 20.5 Å². The summed E-state index contributed by atoms with van der Waals surface area (Å²) >= 11 is 0. The molecule has 4 rings (SSSR count). The maximum atomic E-state index is 13.5. The molecule has 0 saturated carbocycles. The Labute approximate surface area is 301 Å². The fourth-order valence-corrected chi connectivity index (χ4v) is 5.12. The van der Waals surface area contributed by atoms with Gasteiger partial charge in [-0.1, -0.05) is 0 Å². The minimum atomic E-state index is -1.46. The second-order valence-corrected chi connectivity index (χ2v) is 11.2. The zero-order chi connectivity index (χ0) is 40.0. The van der Waals surface area contributed by atoms with E-state index in [0.717, 1.165) is 45.5 Å². The number of hydrogen-bond donors (Lipinski definition) is 6. The van der Waals surface area contributed by atoms with Crippen LogP contribution in [0.5, 0.6) is 11.8 Å². The van der Waals surface area contributed by atoms with Crippen LogP contribution in [0.25, 0.3) is 4.85 Å². The Hall–Kier alpha value is -8.00. The molecule has 0 atom stereocenters. The van der Waals surface area contributed by atoms with Crippen LogP contribution >= 0.6 is 0 Å². The normalized spacial score (nSPS) is 11.0. The molecule has 0 aliphatic carbocycles. The molecule has 0 aliphatic heterocycles. The quantitative estimate of drug-likeness (QED) is 0.0556. The van der Waals surface area contributed by atoms with Crippen LogP contribution in [0, 0.1) is 31.8 Å². The van der Waals surface area contributed by atoms with E-state index in [9.17, 15) is 64.7 Å². The van der Waals surface area contributed by atoms with Gasteiger partial charge in [0.1, 0.15) is 28.7 Å². The van der Waals surface area contributed by atoms with Crippen LogP contribution in [0.15, 0.2) is 66.4 Å². The molecule has 2 aromatic heterocycles. The van der Waals surface area contributed by atoms with Gasteiger partial charge in [0, 0.05) is 18.7 Å². The summed E-state index contributed by atoms with van der Waals surface area (Å²) in [7, 11) is 0. The summed E-state index contributed by atoms with van der Waals surface area (Å²) in [6.07, 6.45) is -0.00742. The average molecular weight is 739 g/mol. The predicted molar refractivity (Wildman–Crippen MR) is 183 cm³/mol. The van der Waals surface area contributed by atoms with Gasteiger partial charge in [-0.2, -0.15) is 5.26 Å². The topological polar surface area (TPSA) is 311 Å². The number of nitriles is 1. The highest BCUT2D eigenvalue weighted by Gasteiger charge is 2.22. The lowest BCUT2D eigenvalue weighted by atomic mass is 10.1. The third-order valence-electron chi connectivity index (χ3n) is 7.99. The SMILES string of the molecule is [C-]#[N+]c1c(C)c(N=Nc2cc(C(=O)O)ccc2C(=O)O)c(=O)n(CCCCn2c(O)c(C#N)c(C)c(N=Nc3cc(C(=O)O)ccc3C(=O)O)c2=O)c1O. The van der Waals surface area contributed by atoms with Crippen LogP contribution in [0.2, 0.25) is 0 Å². The van der Waals surface area contributed by atoms with Crippen LogP contribution in [-0.2, 0) is 13.1 Å². The maximum Gasteiger partial charge on any atom is 0.337 e. The van der Waals surface area contributed by atoms with Crippen molar-refractivity contribution in [1.82, 2.24) is 9.13 Å². The third kappa shape index (κ3) is 7.67. The van der Waals surface area contributed by atoms with Gasteiger partial charge in [-0.25, -0.2) is 24.0 Å². The first-order valence-corrected chi connectivity index (χ1v) is 15.3. The molecular formula is C34H26N8O12. The molecule has 4 aromatic rings. The molecule has 0 fully saturated rings. The van der Waals surface area contributed by atoms with Gasteiger partial charge in [0.05, 0.1) is 28.8 Å². The molecule has 2 heterocycles. The van der Waals surface area contributed by atoms with Crippen molar-refractivity contribution in [2.45, 2.75) is 39.8 Å². The highest BCUT2D eigenvalue weighted by Crippen LogP contribution is 2.35. The molecule has 0 saturated heterocycles. The fourth-order valence-electron chi connectivity index (χ4n) is 5.12. The van der Waals surface area contributed by atoms with Gasteiger partial charge < -0.3 is 30.6 Å². The number of carbonyl (C=O) groups is 4. The summed E-state index contributed by atoms with van der Waals surface area (Å²) in [6.45, 7) is 9.51. The lowest BCUT2D eigenvalue weighted by Gasteiger charge is -2.15. The molecule has 2 aromatic carbocycles. The van der Waals surface area contributed by atoms with Crippen LogP contribution in [-0.4, -0.2) is 63.7 Å². The number of rotatable bonds is 13. The molecule has 20 nitrogen and oxygen atoms in total. The molecule has 0 unspecified atom stereocenters. The monoisotopic (exact) mass is 738 g/mol. The lowest BCUT2D eigenvalue weighted by Crippen LogP contribution is -2.23. The van der Waals surface area contributed by atoms with E-state index in [0.29, 0.717) is 0 Å². The van der Waals surface area contributed by atoms with Crippen molar-refractivity contribution in [1.29, 1.82) is 5.26 Å². The second-order valence-electron chi connectivity index (χ2n) is 11.2. The fraction of sp³-hybridized carbons (Fsp3) is 0.176. The number of carboxylic acids is 4. The molecule has 0 amide bonds. The summed E-state index contributed by atoms with van der Waals surface area (Å²) in [5.41, 5.74) is -6.12.